The second-order valence-electron chi connectivity index (χ2n) is 8.26. The summed E-state index contributed by atoms with van der Waals surface area (Å²) in [5.41, 5.74) is 0.240. The zero-order chi connectivity index (χ0) is 24.0. The molecule has 0 bridgehead atoms. The SMILES string of the molecule is CSCCC(NC(=O)OC(C)(C)C)C(=O)Nc1c(C#N)cnn1-c1ccc2ccccc2n1. The lowest BCUT2D eigenvalue weighted by Gasteiger charge is -2.23. The molecule has 0 fully saturated rings. The first kappa shape index (κ1) is 24.1. The maximum Gasteiger partial charge on any atom is 0.408 e. The van der Waals surface area contributed by atoms with Crippen LogP contribution in [0.25, 0.3) is 16.7 Å². The van der Waals surface area contributed by atoms with Gasteiger partial charge in [0.2, 0.25) is 5.91 Å². The lowest BCUT2D eigenvalue weighted by molar-refractivity contribution is -0.118. The van der Waals surface area contributed by atoms with Crippen LogP contribution in [0.2, 0.25) is 0 Å². The molecule has 9 nitrogen and oxygen atoms in total. The maximum absolute atomic E-state index is 13.1. The summed E-state index contributed by atoms with van der Waals surface area (Å²) < 4.78 is 6.70. The van der Waals surface area contributed by atoms with E-state index in [2.05, 4.69) is 20.7 Å². The monoisotopic (exact) mass is 466 g/mol. The van der Waals surface area contributed by atoms with Crippen LogP contribution < -0.4 is 10.6 Å². The van der Waals surface area contributed by atoms with E-state index in [1.807, 2.05) is 42.7 Å². The highest BCUT2D eigenvalue weighted by Gasteiger charge is 2.26. The molecule has 0 aliphatic rings. The topological polar surface area (TPSA) is 122 Å². The van der Waals surface area contributed by atoms with Crippen molar-refractivity contribution in [2.45, 2.75) is 38.8 Å². The van der Waals surface area contributed by atoms with Gasteiger partial charge in [0, 0.05) is 5.39 Å². The number of thioether (sulfide) groups is 1. The third kappa shape index (κ3) is 6.23. The Morgan fingerprint density at radius 3 is 2.70 bits per heavy atom. The molecule has 2 N–H and O–H groups in total. The number of anilines is 1. The third-order valence-electron chi connectivity index (χ3n) is 4.55. The van der Waals surface area contributed by atoms with Gasteiger partial charge in [0.1, 0.15) is 23.3 Å². The molecule has 2 aromatic heterocycles. The number of fused-ring (bicyclic) bond motifs is 1. The number of nitrogens with one attached hydrogen (secondary N) is 2. The summed E-state index contributed by atoms with van der Waals surface area (Å²) >= 11 is 1.55. The molecule has 0 aliphatic heterocycles. The molecule has 10 heteroatoms. The number of para-hydroxylation sites is 1. The van der Waals surface area contributed by atoms with Crippen LogP contribution >= 0.6 is 11.8 Å². The smallest absolute Gasteiger partial charge is 0.408 e. The second kappa shape index (κ2) is 10.4. The molecule has 0 aliphatic carbocycles. The number of aromatic nitrogens is 3. The number of pyridine rings is 1. The van der Waals surface area contributed by atoms with E-state index in [0.717, 1.165) is 10.9 Å². The number of alkyl carbamates (subject to hydrolysis) is 1. The Labute approximate surface area is 196 Å². The average Bonchev–Trinajstić information content (AvgIpc) is 3.17. The molecule has 1 unspecified atom stereocenters. The number of nitrogens with zero attached hydrogens (tertiary/aromatic N) is 4. The Morgan fingerprint density at radius 2 is 2.00 bits per heavy atom. The van der Waals surface area contributed by atoms with Crippen LogP contribution in [0.3, 0.4) is 0 Å². The van der Waals surface area contributed by atoms with E-state index in [1.54, 1.807) is 38.6 Å². The molecule has 1 aromatic carbocycles. The fourth-order valence-electron chi connectivity index (χ4n) is 3.06. The number of ether oxygens (including phenoxy) is 1. The predicted molar refractivity (Wildman–Crippen MR) is 128 cm³/mol. The van der Waals surface area contributed by atoms with Gasteiger partial charge in [0.05, 0.1) is 11.7 Å². The molecule has 2 heterocycles. The lowest BCUT2D eigenvalue weighted by Crippen LogP contribution is -2.46. The number of amides is 2. The van der Waals surface area contributed by atoms with Crippen LogP contribution in [-0.2, 0) is 9.53 Å². The minimum absolute atomic E-state index is 0.180. The van der Waals surface area contributed by atoms with E-state index in [-0.39, 0.29) is 11.4 Å². The highest BCUT2D eigenvalue weighted by molar-refractivity contribution is 7.98. The van der Waals surface area contributed by atoms with Crippen LogP contribution in [0.5, 0.6) is 0 Å². The van der Waals surface area contributed by atoms with Crippen molar-refractivity contribution in [3.8, 4) is 11.9 Å². The van der Waals surface area contributed by atoms with E-state index < -0.39 is 23.6 Å². The van der Waals surface area contributed by atoms with Crippen molar-refractivity contribution >= 4 is 40.5 Å². The van der Waals surface area contributed by atoms with Crippen molar-refractivity contribution in [3.05, 3.63) is 48.2 Å². The van der Waals surface area contributed by atoms with E-state index in [4.69, 9.17) is 4.74 Å². The summed E-state index contributed by atoms with van der Waals surface area (Å²) in [6.45, 7) is 5.24. The molecule has 0 saturated carbocycles. The Hall–Kier alpha value is -3.58. The van der Waals surface area contributed by atoms with Crippen LogP contribution in [0.1, 0.15) is 32.8 Å². The second-order valence-corrected chi connectivity index (χ2v) is 9.25. The minimum atomic E-state index is -0.855. The number of nitriles is 1. The summed E-state index contributed by atoms with van der Waals surface area (Å²) in [6, 6.07) is 12.4. The highest BCUT2D eigenvalue weighted by atomic mass is 32.2. The largest absolute Gasteiger partial charge is 0.444 e. The fourth-order valence-corrected chi connectivity index (χ4v) is 3.53. The molecule has 0 spiro atoms. The lowest BCUT2D eigenvalue weighted by atomic mass is 10.2. The molecule has 172 valence electrons. The number of carbonyl (C=O) groups excluding carboxylic acids is 2. The van der Waals surface area contributed by atoms with Gasteiger partial charge in [0.25, 0.3) is 0 Å². The molecule has 3 aromatic rings. The molecular formula is C23H26N6O3S. The molecular weight excluding hydrogens is 440 g/mol. The van der Waals surface area contributed by atoms with Gasteiger partial charge in [-0.05, 0) is 57.4 Å². The van der Waals surface area contributed by atoms with Gasteiger partial charge in [-0.25, -0.2) is 9.78 Å². The van der Waals surface area contributed by atoms with E-state index in [9.17, 15) is 14.9 Å². The minimum Gasteiger partial charge on any atom is -0.444 e. The number of carbonyl (C=O) groups is 2. The maximum atomic E-state index is 13.1. The Morgan fingerprint density at radius 1 is 1.24 bits per heavy atom. The summed E-state index contributed by atoms with van der Waals surface area (Å²) in [5, 5.41) is 20.1. The first-order valence-electron chi connectivity index (χ1n) is 10.4. The van der Waals surface area contributed by atoms with Gasteiger partial charge in [0.15, 0.2) is 11.6 Å². The van der Waals surface area contributed by atoms with E-state index >= 15 is 0 Å². The molecule has 33 heavy (non-hydrogen) atoms. The Bertz CT molecular complexity index is 1190. The van der Waals surface area contributed by atoms with Crippen LogP contribution in [-0.4, -0.2) is 50.4 Å². The van der Waals surface area contributed by atoms with Gasteiger partial charge in [-0.1, -0.05) is 18.2 Å². The number of hydrogen-bond acceptors (Lipinski definition) is 7. The zero-order valence-corrected chi connectivity index (χ0v) is 19.8. The van der Waals surface area contributed by atoms with Crippen molar-refractivity contribution in [1.29, 1.82) is 5.26 Å². The standard InChI is InChI=1S/C23H26N6O3S/c1-23(2,3)32-22(31)27-18(11-12-33-4)21(30)28-20-16(13-24)14-25-29(20)19-10-9-15-7-5-6-8-17(15)26-19/h5-10,14,18H,11-12H2,1-4H3,(H,27,31)(H,28,30). The number of rotatable bonds is 7. The predicted octanol–water partition coefficient (Wildman–Crippen LogP) is 3.88. The normalized spacial score (nSPS) is 12.1. The van der Waals surface area contributed by atoms with Crippen LogP contribution in [0, 0.1) is 11.3 Å². The summed E-state index contributed by atoms with van der Waals surface area (Å²) in [6.07, 6.45) is 2.98. The molecule has 0 radical (unpaired) electrons. The fraction of sp³-hybridized carbons (Fsp3) is 0.348. The zero-order valence-electron chi connectivity index (χ0n) is 19.0. The van der Waals surface area contributed by atoms with Crippen molar-refractivity contribution < 1.29 is 14.3 Å². The first-order valence-corrected chi connectivity index (χ1v) is 11.7. The van der Waals surface area contributed by atoms with Crippen LogP contribution in [0.4, 0.5) is 10.6 Å². The summed E-state index contributed by atoms with van der Waals surface area (Å²) in [7, 11) is 0. The molecule has 0 saturated heterocycles. The van der Waals surface area contributed by atoms with Gasteiger partial charge < -0.3 is 15.4 Å². The summed E-state index contributed by atoms with van der Waals surface area (Å²) in [5.74, 6) is 0.801. The van der Waals surface area contributed by atoms with Gasteiger partial charge in [-0.2, -0.15) is 26.8 Å². The van der Waals surface area contributed by atoms with Gasteiger partial charge in [-0.3, -0.25) is 4.79 Å². The van der Waals surface area contributed by atoms with E-state index in [1.165, 1.54) is 10.9 Å². The molecule has 1 atom stereocenters. The van der Waals surface area contributed by atoms with Crippen molar-refractivity contribution in [2.75, 3.05) is 17.3 Å². The van der Waals surface area contributed by atoms with E-state index in [0.29, 0.717) is 18.0 Å². The molecule has 3 rings (SSSR count). The highest BCUT2D eigenvalue weighted by Crippen LogP contribution is 2.21. The van der Waals surface area contributed by atoms with Crippen molar-refractivity contribution in [1.82, 2.24) is 20.1 Å². The first-order chi connectivity index (χ1) is 15.7. The van der Waals surface area contributed by atoms with Crippen molar-refractivity contribution in [2.24, 2.45) is 0 Å². The average molecular weight is 467 g/mol. The van der Waals surface area contributed by atoms with Crippen molar-refractivity contribution in [3.63, 3.8) is 0 Å². The van der Waals surface area contributed by atoms with Crippen LogP contribution in [0.15, 0.2) is 42.6 Å². The Kier molecular flexibility index (Phi) is 7.55. The number of hydrogen-bond donors (Lipinski definition) is 2. The van der Waals surface area contributed by atoms with Gasteiger partial charge >= 0.3 is 6.09 Å². The van der Waals surface area contributed by atoms with Gasteiger partial charge in [-0.15, -0.1) is 0 Å². The molecule has 2 amide bonds. The number of benzene rings is 1. The third-order valence-corrected chi connectivity index (χ3v) is 5.19. The summed E-state index contributed by atoms with van der Waals surface area (Å²) in [4.78, 5) is 30.0. The quantitative estimate of drug-likeness (QED) is 0.542. The Balaban J connectivity index is 1.88.